The van der Waals surface area contributed by atoms with Gasteiger partial charge in [-0.1, -0.05) is 25.8 Å². The van der Waals surface area contributed by atoms with Crippen molar-refractivity contribution in [1.29, 1.82) is 0 Å². The zero-order chi connectivity index (χ0) is 24.0. The fourth-order valence-electron chi connectivity index (χ4n) is 6.33. The first kappa shape index (κ1) is 23.4. The third-order valence-corrected chi connectivity index (χ3v) is 8.29. The third-order valence-electron chi connectivity index (χ3n) is 8.29. The van der Waals surface area contributed by atoms with Crippen molar-refractivity contribution in [2.45, 2.75) is 77.2 Å². The van der Waals surface area contributed by atoms with Gasteiger partial charge in [-0.2, -0.15) is 0 Å². The van der Waals surface area contributed by atoms with Gasteiger partial charge >= 0.3 is 0 Å². The Labute approximate surface area is 200 Å². The highest BCUT2D eigenvalue weighted by Gasteiger charge is 2.36. The van der Waals surface area contributed by atoms with Crippen LogP contribution in [0, 0.1) is 35.2 Å². The molecule has 4 atom stereocenters. The van der Waals surface area contributed by atoms with Crippen LogP contribution in [-0.4, -0.2) is 18.0 Å². The summed E-state index contributed by atoms with van der Waals surface area (Å²) in [5.41, 5.74) is 0.538. The Morgan fingerprint density at radius 1 is 0.912 bits per heavy atom. The smallest absolute Gasteiger partial charge is 0.219 e. The minimum absolute atomic E-state index is 0.180. The van der Waals surface area contributed by atoms with E-state index in [9.17, 15) is 4.39 Å². The highest BCUT2D eigenvalue weighted by Crippen LogP contribution is 2.48. The van der Waals surface area contributed by atoms with Crippen LogP contribution in [0.2, 0.25) is 0 Å². The van der Waals surface area contributed by atoms with Gasteiger partial charge in [0.25, 0.3) is 0 Å². The van der Waals surface area contributed by atoms with Crippen molar-refractivity contribution >= 4 is 5.90 Å². The van der Waals surface area contributed by atoms with Crippen LogP contribution in [0.15, 0.2) is 35.3 Å². The monoisotopic (exact) mass is 469 g/mol. The number of nitrogens with zero attached hydrogens (tertiary/aromatic N) is 1. The summed E-state index contributed by atoms with van der Waals surface area (Å²) >= 11 is 0. The van der Waals surface area contributed by atoms with Gasteiger partial charge < -0.3 is 4.74 Å². The van der Waals surface area contributed by atoms with Crippen LogP contribution in [0.5, 0.6) is 0 Å². The average molecular weight is 470 g/mol. The second-order valence-electron chi connectivity index (χ2n) is 11.2. The van der Waals surface area contributed by atoms with E-state index in [4.69, 9.17) is 4.74 Å². The molecule has 2 aromatic carbocycles. The molecule has 1 heterocycles. The van der Waals surface area contributed by atoms with E-state index < -0.39 is 23.0 Å². The number of rotatable bonds is 4. The Balaban J connectivity index is 1.37. The highest BCUT2D eigenvalue weighted by molar-refractivity contribution is 5.96. The van der Waals surface area contributed by atoms with Crippen LogP contribution in [0.3, 0.4) is 0 Å². The van der Waals surface area contributed by atoms with Gasteiger partial charge in [-0.3, -0.25) is 0 Å². The minimum Gasteiger partial charge on any atom is -0.475 e. The first-order valence-electron chi connectivity index (χ1n) is 12.8. The molecule has 5 heteroatoms. The van der Waals surface area contributed by atoms with E-state index in [1.807, 2.05) is 13.8 Å². The van der Waals surface area contributed by atoms with Crippen molar-refractivity contribution in [3.63, 3.8) is 0 Å². The molecule has 0 amide bonds. The summed E-state index contributed by atoms with van der Waals surface area (Å²) < 4.78 is 50.8. The van der Waals surface area contributed by atoms with E-state index in [0.29, 0.717) is 12.5 Å². The Kier molecular flexibility index (Phi) is 6.24. The lowest BCUT2D eigenvalue weighted by Crippen LogP contribution is -2.30. The average Bonchev–Trinajstić information content (AvgIpc) is 3.17. The molecule has 0 spiro atoms. The number of aliphatic imine (C=N–C) groups is 1. The van der Waals surface area contributed by atoms with Gasteiger partial charge in [0.2, 0.25) is 5.90 Å². The van der Waals surface area contributed by atoms with Crippen molar-refractivity contribution < 1.29 is 17.9 Å². The molecule has 2 aliphatic carbocycles. The van der Waals surface area contributed by atoms with E-state index in [1.165, 1.54) is 56.0 Å². The van der Waals surface area contributed by atoms with Crippen molar-refractivity contribution in [2.24, 2.45) is 22.7 Å². The molecule has 0 saturated heterocycles. The maximum absolute atomic E-state index is 15.2. The molecule has 2 fully saturated rings. The first-order valence-corrected chi connectivity index (χ1v) is 12.8. The normalized spacial score (nSPS) is 28.2. The van der Waals surface area contributed by atoms with Crippen LogP contribution >= 0.6 is 0 Å². The molecule has 2 saturated carbocycles. The molecule has 34 heavy (non-hydrogen) atoms. The molecule has 3 aliphatic rings. The van der Waals surface area contributed by atoms with Gasteiger partial charge in [-0.25, -0.2) is 18.2 Å². The first-order chi connectivity index (χ1) is 16.2. The highest BCUT2D eigenvalue weighted by atomic mass is 19.1. The zero-order valence-corrected chi connectivity index (χ0v) is 20.3. The molecular weight excluding hydrogens is 435 g/mol. The summed E-state index contributed by atoms with van der Waals surface area (Å²) in [6.07, 6.45) is 8.23. The van der Waals surface area contributed by atoms with Crippen LogP contribution in [0.4, 0.5) is 13.2 Å². The topological polar surface area (TPSA) is 21.6 Å². The molecule has 0 radical (unpaired) electrons. The Morgan fingerprint density at radius 3 is 2.26 bits per heavy atom. The summed E-state index contributed by atoms with van der Waals surface area (Å²) in [6.45, 7) is 6.46. The molecule has 0 aromatic heterocycles. The van der Waals surface area contributed by atoms with Crippen LogP contribution in [0.1, 0.15) is 82.8 Å². The van der Waals surface area contributed by atoms with Gasteiger partial charge in [0.15, 0.2) is 0 Å². The molecule has 182 valence electrons. The molecule has 0 bridgehead atoms. The fraction of sp³-hybridized carbons (Fsp3) is 0.552. The van der Waals surface area contributed by atoms with Crippen molar-refractivity contribution in [3.05, 3.63) is 58.9 Å². The fourth-order valence-corrected chi connectivity index (χ4v) is 6.33. The lowest BCUT2D eigenvalue weighted by atomic mass is 9.63. The van der Waals surface area contributed by atoms with Crippen molar-refractivity contribution in [3.8, 4) is 11.1 Å². The van der Waals surface area contributed by atoms with E-state index in [1.54, 1.807) is 0 Å². The van der Waals surface area contributed by atoms with Gasteiger partial charge in [0.05, 0.1) is 16.7 Å². The van der Waals surface area contributed by atoms with E-state index in [-0.39, 0.29) is 28.5 Å². The number of hydrogen-bond donors (Lipinski definition) is 0. The minimum atomic E-state index is -0.630. The van der Waals surface area contributed by atoms with Crippen molar-refractivity contribution in [2.75, 3.05) is 6.61 Å². The number of ether oxygens (including phenoxy) is 1. The summed E-state index contributed by atoms with van der Waals surface area (Å²) in [5, 5.41) is 0. The predicted octanol–water partition coefficient (Wildman–Crippen LogP) is 8.04. The molecule has 2 nitrogen and oxygen atoms in total. The molecule has 0 N–H and O–H groups in total. The van der Waals surface area contributed by atoms with Crippen LogP contribution < -0.4 is 0 Å². The summed E-state index contributed by atoms with van der Waals surface area (Å²) in [6, 6.07) is 7.14. The number of fused-ring (bicyclic) bond motifs is 1. The predicted molar refractivity (Wildman–Crippen MR) is 130 cm³/mol. The van der Waals surface area contributed by atoms with Gasteiger partial charge in [-0.05, 0) is 105 Å². The zero-order valence-electron chi connectivity index (χ0n) is 20.3. The summed E-state index contributed by atoms with van der Waals surface area (Å²) in [7, 11) is 0. The quantitative estimate of drug-likeness (QED) is 0.444. The number of benzene rings is 2. The van der Waals surface area contributed by atoms with Gasteiger partial charge in [0, 0.05) is 0 Å². The maximum atomic E-state index is 15.2. The van der Waals surface area contributed by atoms with E-state index >= 15 is 8.78 Å². The van der Waals surface area contributed by atoms with Gasteiger partial charge in [0.1, 0.15) is 24.1 Å². The number of halogens is 3. The SMILES string of the molecule is CCC1CCC2CC(c3cc(F)c(-c4ccc(C5=NC(C)(C)CO5)c(F)c4)c(F)c3)CCC2C1. The number of hydrogen-bond acceptors (Lipinski definition) is 2. The van der Waals surface area contributed by atoms with Crippen molar-refractivity contribution in [1.82, 2.24) is 0 Å². The largest absolute Gasteiger partial charge is 0.475 e. The van der Waals surface area contributed by atoms with Crippen LogP contribution in [0.25, 0.3) is 11.1 Å². The lowest BCUT2D eigenvalue weighted by molar-refractivity contribution is 0.116. The molecule has 2 aromatic rings. The van der Waals surface area contributed by atoms with Crippen LogP contribution in [-0.2, 0) is 4.74 Å². The maximum Gasteiger partial charge on any atom is 0.219 e. The molecule has 4 unspecified atom stereocenters. The Hall–Kier alpha value is -2.30. The summed E-state index contributed by atoms with van der Waals surface area (Å²) in [4.78, 5) is 4.40. The second kappa shape index (κ2) is 9.05. The Bertz CT molecular complexity index is 1090. The Morgan fingerprint density at radius 2 is 1.62 bits per heavy atom. The lowest BCUT2D eigenvalue weighted by Gasteiger charge is -2.42. The van der Waals surface area contributed by atoms with Gasteiger partial charge in [-0.15, -0.1) is 0 Å². The summed E-state index contributed by atoms with van der Waals surface area (Å²) in [5.74, 6) is 0.843. The van der Waals surface area contributed by atoms with E-state index in [0.717, 1.165) is 36.7 Å². The molecular formula is C29H34F3NO. The standard InChI is InChI=1S/C29H34F3NO/c1-4-17-5-6-19-12-20(8-7-18(19)11-17)22-14-25(31)27(26(32)15-22)21-9-10-23(24(30)13-21)28-33-29(2,3)16-34-28/h9-10,13-15,17-20H,4-8,11-12,16H2,1-3H3. The second-order valence-corrected chi connectivity index (χ2v) is 11.2. The molecule has 5 rings (SSSR count). The molecule has 1 aliphatic heterocycles. The van der Waals surface area contributed by atoms with E-state index in [2.05, 4.69) is 11.9 Å². The third kappa shape index (κ3) is 4.50.